The largest absolute Gasteiger partial charge is 0.349 e. The van der Waals surface area contributed by atoms with Crippen LogP contribution in [0.4, 0.5) is 0 Å². The number of benzene rings is 1. The highest BCUT2D eigenvalue weighted by Crippen LogP contribution is 2.20. The van der Waals surface area contributed by atoms with Crippen molar-refractivity contribution in [1.82, 2.24) is 20.1 Å². The van der Waals surface area contributed by atoms with Crippen LogP contribution in [-0.4, -0.2) is 26.7 Å². The summed E-state index contributed by atoms with van der Waals surface area (Å²) in [7, 11) is 0. The van der Waals surface area contributed by atoms with Crippen LogP contribution in [0.1, 0.15) is 28.8 Å². The van der Waals surface area contributed by atoms with Crippen LogP contribution in [0.15, 0.2) is 61.1 Å². The molecule has 1 aromatic carbocycles. The van der Waals surface area contributed by atoms with Crippen LogP contribution in [0.5, 0.6) is 0 Å². The van der Waals surface area contributed by atoms with E-state index in [0.717, 1.165) is 30.6 Å². The Kier molecular flexibility index (Phi) is 3.83. The van der Waals surface area contributed by atoms with E-state index in [-0.39, 0.29) is 5.91 Å². The Bertz CT molecular complexity index is 835. The predicted molar refractivity (Wildman–Crippen MR) is 91.5 cm³/mol. The maximum Gasteiger partial charge on any atom is 0.253 e. The van der Waals surface area contributed by atoms with E-state index in [1.165, 1.54) is 5.56 Å². The summed E-state index contributed by atoms with van der Waals surface area (Å²) in [4.78, 5) is 16.4. The van der Waals surface area contributed by atoms with Crippen molar-refractivity contribution in [2.45, 2.75) is 25.4 Å². The number of aromatic nitrogens is 3. The standard InChI is InChI=1S/C19H18N4O/c24-19(22-17-7-8-17)15-6-9-18(20-10-15)16-11-21-23(13-16)12-14-4-2-1-3-5-14/h1-6,9-11,13,17H,7-8,12H2,(H,22,24). The van der Waals surface area contributed by atoms with E-state index < -0.39 is 0 Å². The third kappa shape index (κ3) is 3.35. The van der Waals surface area contributed by atoms with Crippen molar-refractivity contribution < 1.29 is 4.79 Å². The van der Waals surface area contributed by atoms with E-state index in [2.05, 4.69) is 27.5 Å². The van der Waals surface area contributed by atoms with Gasteiger partial charge in [-0.2, -0.15) is 5.10 Å². The molecule has 0 radical (unpaired) electrons. The first kappa shape index (κ1) is 14.6. The minimum atomic E-state index is -0.0451. The first-order chi connectivity index (χ1) is 11.8. The number of carbonyl (C=O) groups is 1. The fourth-order valence-electron chi connectivity index (χ4n) is 2.55. The average molecular weight is 318 g/mol. The van der Waals surface area contributed by atoms with E-state index >= 15 is 0 Å². The monoisotopic (exact) mass is 318 g/mol. The molecule has 1 aliphatic carbocycles. The lowest BCUT2D eigenvalue weighted by molar-refractivity contribution is 0.0950. The normalized spacial score (nSPS) is 13.7. The van der Waals surface area contributed by atoms with Crippen LogP contribution >= 0.6 is 0 Å². The number of rotatable bonds is 5. The van der Waals surface area contributed by atoms with Gasteiger partial charge in [-0.25, -0.2) is 0 Å². The lowest BCUT2D eigenvalue weighted by Gasteiger charge is -2.03. The van der Waals surface area contributed by atoms with Crippen LogP contribution in [0, 0.1) is 0 Å². The molecule has 4 rings (SSSR count). The quantitative estimate of drug-likeness (QED) is 0.787. The maximum absolute atomic E-state index is 12.0. The number of amides is 1. The number of nitrogens with zero attached hydrogens (tertiary/aromatic N) is 3. The van der Waals surface area contributed by atoms with E-state index in [1.807, 2.05) is 41.2 Å². The summed E-state index contributed by atoms with van der Waals surface area (Å²) in [5, 5.41) is 7.36. The van der Waals surface area contributed by atoms with E-state index in [1.54, 1.807) is 12.4 Å². The van der Waals surface area contributed by atoms with Gasteiger partial charge in [-0.1, -0.05) is 30.3 Å². The lowest BCUT2D eigenvalue weighted by Crippen LogP contribution is -2.25. The number of pyridine rings is 1. The van der Waals surface area contributed by atoms with E-state index in [0.29, 0.717) is 11.6 Å². The first-order valence-electron chi connectivity index (χ1n) is 8.11. The highest BCUT2D eigenvalue weighted by molar-refractivity contribution is 5.94. The fourth-order valence-corrected chi connectivity index (χ4v) is 2.55. The van der Waals surface area contributed by atoms with Crippen LogP contribution < -0.4 is 5.32 Å². The van der Waals surface area contributed by atoms with Gasteiger partial charge in [0.15, 0.2) is 0 Å². The van der Waals surface area contributed by atoms with Gasteiger partial charge >= 0.3 is 0 Å². The Morgan fingerprint density at radius 1 is 1.12 bits per heavy atom. The molecule has 5 nitrogen and oxygen atoms in total. The molecule has 1 amide bonds. The molecule has 0 aliphatic heterocycles. The Morgan fingerprint density at radius 2 is 1.96 bits per heavy atom. The molecule has 5 heteroatoms. The van der Waals surface area contributed by atoms with Crippen LogP contribution in [-0.2, 0) is 6.54 Å². The topological polar surface area (TPSA) is 59.8 Å². The second kappa shape index (κ2) is 6.28. The molecule has 1 fully saturated rings. The molecule has 0 spiro atoms. The van der Waals surface area contributed by atoms with Crippen molar-refractivity contribution in [2.24, 2.45) is 0 Å². The smallest absolute Gasteiger partial charge is 0.253 e. The van der Waals surface area contributed by atoms with Gasteiger partial charge in [-0.05, 0) is 30.5 Å². The van der Waals surface area contributed by atoms with Gasteiger partial charge in [0.2, 0.25) is 0 Å². The molecule has 0 bridgehead atoms. The van der Waals surface area contributed by atoms with Crippen molar-refractivity contribution in [3.8, 4) is 11.3 Å². The SMILES string of the molecule is O=C(NC1CC1)c1ccc(-c2cnn(Cc3ccccc3)c2)nc1. The molecule has 1 saturated carbocycles. The zero-order valence-corrected chi connectivity index (χ0v) is 13.2. The van der Waals surface area contributed by atoms with Crippen LogP contribution in [0.25, 0.3) is 11.3 Å². The summed E-state index contributed by atoms with van der Waals surface area (Å²) in [5.41, 5.74) is 3.56. The number of hydrogen-bond acceptors (Lipinski definition) is 3. The predicted octanol–water partition coefficient (Wildman–Crippen LogP) is 2.89. The highest BCUT2D eigenvalue weighted by atomic mass is 16.1. The Labute approximate surface area is 140 Å². The minimum Gasteiger partial charge on any atom is -0.349 e. The second-order valence-electron chi connectivity index (χ2n) is 6.09. The van der Waals surface area contributed by atoms with Gasteiger partial charge in [0.1, 0.15) is 0 Å². The van der Waals surface area contributed by atoms with Crippen LogP contribution in [0.3, 0.4) is 0 Å². The molecular weight excluding hydrogens is 300 g/mol. The Hall–Kier alpha value is -2.95. The summed E-state index contributed by atoms with van der Waals surface area (Å²) < 4.78 is 1.89. The summed E-state index contributed by atoms with van der Waals surface area (Å²) in [5.74, 6) is -0.0451. The molecule has 1 N–H and O–H groups in total. The summed E-state index contributed by atoms with van der Waals surface area (Å²) >= 11 is 0. The Morgan fingerprint density at radius 3 is 2.67 bits per heavy atom. The second-order valence-corrected chi connectivity index (χ2v) is 6.09. The van der Waals surface area contributed by atoms with Crippen molar-refractivity contribution in [2.75, 3.05) is 0 Å². The van der Waals surface area contributed by atoms with Crippen molar-refractivity contribution >= 4 is 5.91 Å². The molecule has 0 atom stereocenters. The summed E-state index contributed by atoms with van der Waals surface area (Å²) in [6.07, 6.45) is 7.56. The third-order valence-electron chi connectivity index (χ3n) is 4.05. The molecule has 0 saturated heterocycles. The molecule has 1 aliphatic rings. The highest BCUT2D eigenvalue weighted by Gasteiger charge is 2.23. The van der Waals surface area contributed by atoms with Gasteiger partial charge in [0.05, 0.1) is 24.0 Å². The molecule has 2 heterocycles. The number of hydrogen-bond donors (Lipinski definition) is 1. The molecule has 24 heavy (non-hydrogen) atoms. The zero-order valence-electron chi connectivity index (χ0n) is 13.2. The maximum atomic E-state index is 12.0. The van der Waals surface area contributed by atoms with E-state index in [4.69, 9.17) is 0 Å². The lowest BCUT2D eigenvalue weighted by atomic mass is 10.2. The van der Waals surface area contributed by atoms with Gasteiger partial charge in [-0.15, -0.1) is 0 Å². The average Bonchev–Trinajstić information content (AvgIpc) is 3.31. The molecule has 0 unspecified atom stereocenters. The van der Waals surface area contributed by atoms with Crippen molar-refractivity contribution in [3.63, 3.8) is 0 Å². The van der Waals surface area contributed by atoms with Gasteiger partial charge in [0, 0.05) is 24.0 Å². The molecule has 2 aromatic heterocycles. The number of carbonyl (C=O) groups excluding carboxylic acids is 1. The zero-order chi connectivity index (χ0) is 16.4. The van der Waals surface area contributed by atoms with Gasteiger partial charge < -0.3 is 5.32 Å². The third-order valence-corrected chi connectivity index (χ3v) is 4.05. The molecule has 3 aromatic rings. The number of nitrogens with one attached hydrogen (secondary N) is 1. The van der Waals surface area contributed by atoms with Gasteiger partial charge in [0.25, 0.3) is 5.91 Å². The van der Waals surface area contributed by atoms with Gasteiger partial charge in [-0.3, -0.25) is 14.5 Å². The Balaban J connectivity index is 1.46. The minimum absolute atomic E-state index is 0.0451. The van der Waals surface area contributed by atoms with E-state index in [9.17, 15) is 4.79 Å². The van der Waals surface area contributed by atoms with Crippen LogP contribution in [0.2, 0.25) is 0 Å². The first-order valence-corrected chi connectivity index (χ1v) is 8.11. The fraction of sp³-hybridized carbons (Fsp3) is 0.211. The van der Waals surface area contributed by atoms with Crippen molar-refractivity contribution in [1.29, 1.82) is 0 Å². The summed E-state index contributed by atoms with van der Waals surface area (Å²) in [6, 6.07) is 14.2. The van der Waals surface area contributed by atoms with Crippen molar-refractivity contribution in [3.05, 3.63) is 72.2 Å². The summed E-state index contributed by atoms with van der Waals surface area (Å²) in [6.45, 7) is 0.725. The molecular formula is C19H18N4O. The molecule has 120 valence electrons.